The number of hydrazone groups is 2. The Morgan fingerprint density at radius 2 is 0.826 bits per heavy atom. The number of hydrogen-bond acceptors (Lipinski definition) is 9. The van der Waals surface area contributed by atoms with Crippen molar-refractivity contribution in [3.05, 3.63) is 162 Å². The van der Waals surface area contributed by atoms with Gasteiger partial charge in [-0.2, -0.15) is 10.2 Å². The molecule has 0 spiro atoms. The summed E-state index contributed by atoms with van der Waals surface area (Å²) < 4.78 is 8.17. The van der Waals surface area contributed by atoms with E-state index in [9.17, 15) is 19.8 Å². The molecule has 8 aromatic rings. The summed E-state index contributed by atoms with van der Waals surface area (Å²) in [5.41, 5.74) is 8.60. The number of phenolic OH excluding ortho intramolecular Hbond substituents is 2. The van der Waals surface area contributed by atoms with Gasteiger partial charge in [0, 0.05) is 37.7 Å². The largest absolute Gasteiger partial charge is 0.506 e. The second kappa shape index (κ2) is 23.6. The zero-order valence-electron chi connectivity index (χ0n) is 37.3. The van der Waals surface area contributed by atoms with Crippen LogP contribution in [0.4, 0.5) is 11.4 Å². The topological polar surface area (TPSA) is 139 Å². The van der Waals surface area contributed by atoms with Crippen molar-refractivity contribution in [2.75, 3.05) is 49.2 Å². The van der Waals surface area contributed by atoms with E-state index in [4.69, 9.17) is 4.74 Å². The number of unbranched alkanes of at least 4 members (excludes halogenated alkanes) is 2. The fourth-order valence-corrected chi connectivity index (χ4v) is 10.5. The summed E-state index contributed by atoms with van der Waals surface area (Å²) >= 11 is 13.3. The lowest BCUT2D eigenvalue weighted by atomic mass is 10.0. The first-order chi connectivity index (χ1) is 33.5. The van der Waals surface area contributed by atoms with Crippen LogP contribution in [-0.2, 0) is 14.3 Å². The van der Waals surface area contributed by atoms with Crippen LogP contribution in [0.25, 0.3) is 43.1 Å². The summed E-state index contributed by atoms with van der Waals surface area (Å²) in [4.78, 5) is 30.8. The Bertz CT molecular complexity index is 2960. The standard InChI is InChI=1S/C54H48Br4N6O5/c55-47-21-35(22-48(56)53(47)67)31-59-61-51(65)33-63(45-15-13-41-25-37-9-1-3-11-39(37)27-43(41)29-45)17-5-7-19-69-20-8-6-18-64(34-52(66)62-60-32-36-23-49(57)54(68)50(58)24-36)46-16-14-42-26-38-10-2-4-12-40(38)28-44(42)30-46/h1-4,9-16,21-32,67-68H,5-8,17-20,33-34H2,(H,61,65)(H,62,66)/b59-31+,60-32+. The van der Waals surface area contributed by atoms with E-state index in [1.807, 2.05) is 24.3 Å². The molecule has 352 valence electrons. The van der Waals surface area contributed by atoms with Gasteiger partial charge in [0.15, 0.2) is 0 Å². The molecule has 0 aromatic heterocycles. The van der Waals surface area contributed by atoms with Crippen molar-refractivity contribution >= 4 is 142 Å². The summed E-state index contributed by atoms with van der Waals surface area (Å²) in [6.45, 7) is 2.60. The van der Waals surface area contributed by atoms with Gasteiger partial charge in [-0.15, -0.1) is 0 Å². The molecule has 15 heteroatoms. The van der Waals surface area contributed by atoms with Gasteiger partial charge in [-0.05, 0) is 216 Å². The molecule has 4 N–H and O–H groups in total. The van der Waals surface area contributed by atoms with E-state index in [0.717, 1.165) is 69.4 Å². The molecular weight excluding hydrogens is 1130 g/mol. The predicted molar refractivity (Wildman–Crippen MR) is 295 cm³/mol. The first kappa shape index (κ1) is 49.6. The number of amides is 2. The van der Waals surface area contributed by atoms with Gasteiger partial charge < -0.3 is 24.7 Å². The number of fused-ring (bicyclic) bond motifs is 4. The second-order valence-corrected chi connectivity index (χ2v) is 20.0. The Morgan fingerprint density at radius 3 is 1.20 bits per heavy atom. The molecule has 69 heavy (non-hydrogen) atoms. The summed E-state index contributed by atoms with van der Waals surface area (Å²) in [7, 11) is 0. The third kappa shape index (κ3) is 13.3. The first-order valence-electron chi connectivity index (χ1n) is 22.4. The third-order valence-electron chi connectivity index (χ3n) is 11.6. The minimum absolute atomic E-state index is 0.0898. The highest BCUT2D eigenvalue weighted by Crippen LogP contribution is 2.34. The van der Waals surface area contributed by atoms with E-state index in [-0.39, 0.29) is 36.4 Å². The van der Waals surface area contributed by atoms with Gasteiger partial charge >= 0.3 is 0 Å². The molecule has 0 aliphatic rings. The fraction of sp³-hybridized carbons (Fsp3) is 0.185. The highest BCUT2D eigenvalue weighted by atomic mass is 79.9. The van der Waals surface area contributed by atoms with Gasteiger partial charge in [-0.3, -0.25) is 9.59 Å². The number of ether oxygens (including phenoxy) is 1. The van der Waals surface area contributed by atoms with Crippen LogP contribution in [0.3, 0.4) is 0 Å². The van der Waals surface area contributed by atoms with Crippen molar-refractivity contribution < 1.29 is 24.5 Å². The van der Waals surface area contributed by atoms with Crippen molar-refractivity contribution in [3.63, 3.8) is 0 Å². The van der Waals surface area contributed by atoms with Crippen LogP contribution in [0.15, 0.2) is 162 Å². The monoisotopic (exact) mass is 1180 g/mol. The van der Waals surface area contributed by atoms with E-state index in [0.29, 0.717) is 55.3 Å². The van der Waals surface area contributed by atoms with Crippen molar-refractivity contribution in [2.45, 2.75) is 25.7 Å². The third-order valence-corrected chi connectivity index (χ3v) is 14.0. The molecule has 8 aromatic carbocycles. The molecule has 8 rings (SSSR count). The quantitative estimate of drug-likeness (QED) is 0.0258. The molecule has 0 saturated heterocycles. The zero-order chi connectivity index (χ0) is 48.3. The molecule has 0 radical (unpaired) electrons. The van der Waals surface area contributed by atoms with E-state index < -0.39 is 0 Å². The number of hydrogen-bond donors (Lipinski definition) is 4. The summed E-state index contributed by atoms with van der Waals surface area (Å²) in [5, 5.41) is 37.6. The lowest BCUT2D eigenvalue weighted by Gasteiger charge is -2.25. The van der Waals surface area contributed by atoms with Crippen molar-refractivity contribution in [1.82, 2.24) is 10.9 Å². The number of phenols is 2. The fourth-order valence-electron chi connectivity index (χ4n) is 8.06. The molecule has 0 aliphatic carbocycles. The SMILES string of the molecule is O=C(CN(CCCCOCCCCN(CC(=O)N/N=C/c1cc(Br)c(O)c(Br)c1)c1ccc2cc3ccccc3cc2c1)c1ccc2cc3ccccc3cc2c1)N/N=C/c1cc(Br)c(O)c(Br)c1. The lowest BCUT2D eigenvalue weighted by Crippen LogP contribution is -2.36. The van der Waals surface area contributed by atoms with Crippen LogP contribution in [0.5, 0.6) is 11.5 Å². The van der Waals surface area contributed by atoms with Crippen LogP contribution in [-0.4, -0.2) is 73.8 Å². The number of anilines is 2. The van der Waals surface area contributed by atoms with Crippen LogP contribution in [0, 0.1) is 0 Å². The molecule has 0 aliphatic heterocycles. The highest BCUT2D eigenvalue weighted by Gasteiger charge is 2.15. The summed E-state index contributed by atoms with van der Waals surface area (Å²) in [6, 6.07) is 44.8. The summed E-state index contributed by atoms with van der Waals surface area (Å²) in [5.74, 6) is -0.338. The second-order valence-electron chi connectivity index (χ2n) is 16.6. The average molecular weight is 1180 g/mol. The molecule has 11 nitrogen and oxygen atoms in total. The number of rotatable bonds is 20. The predicted octanol–water partition coefficient (Wildman–Crippen LogP) is 13.0. The maximum Gasteiger partial charge on any atom is 0.259 e. The maximum absolute atomic E-state index is 13.3. The molecule has 0 heterocycles. The zero-order valence-corrected chi connectivity index (χ0v) is 43.7. The van der Waals surface area contributed by atoms with Crippen LogP contribution in [0.2, 0.25) is 0 Å². The van der Waals surface area contributed by atoms with Gasteiger partial charge in [0.2, 0.25) is 0 Å². The van der Waals surface area contributed by atoms with Crippen molar-refractivity contribution in [3.8, 4) is 11.5 Å². The summed E-state index contributed by atoms with van der Waals surface area (Å²) in [6.07, 6.45) is 6.26. The number of benzene rings is 8. The first-order valence-corrected chi connectivity index (χ1v) is 25.6. The Hall–Kier alpha value is -5.84. The number of halogens is 4. The minimum atomic E-state index is -0.259. The minimum Gasteiger partial charge on any atom is -0.506 e. The highest BCUT2D eigenvalue weighted by molar-refractivity contribution is 9.11. The molecule has 0 bridgehead atoms. The lowest BCUT2D eigenvalue weighted by molar-refractivity contribution is -0.120. The Labute approximate surface area is 433 Å². The molecule has 0 saturated carbocycles. The molecule has 0 fully saturated rings. The normalized spacial score (nSPS) is 11.7. The van der Waals surface area contributed by atoms with Crippen LogP contribution < -0.4 is 20.7 Å². The maximum atomic E-state index is 13.3. The van der Waals surface area contributed by atoms with E-state index in [1.165, 1.54) is 23.2 Å². The molecule has 0 unspecified atom stereocenters. The van der Waals surface area contributed by atoms with E-state index in [1.54, 1.807) is 24.3 Å². The van der Waals surface area contributed by atoms with Crippen molar-refractivity contribution in [1.29, 1.82) is 0 Å². The molecule has 0 atom stereocenters. The molecular formula is C54H48Br4N6O5. The molecule has 2 amide bonds. The number of aromatic hydroxyl groups is 2. The average Bonchev–Trinajstić information content (AvgIpc) is 3.34. The van der Waals surface area contributed by atoms with Gasteiger partial charge in [0.25, 0.3) is 11.8 Å². The van der Waals surface area contributed by atoms with Crippen LogP contribution in [0.1, 0.15) is 36.8 Å². The van der Waals surface area contributed by atoms with Gasteiger partial charge in [0.1, 0.15) is 11.5 Å². The van der Waals surface area contributed by atoms with E-state index in [2.05, 4.69) is 180 Å². The number of carbonyl (C=O) groups is 2. The van der Waals surface area contributed by atoms with Gasteiger partial charge in [-0.25, -0.2) is 10.9 Å². The van der Waals surface area contributed by atoms with Crippen molar-refractivity contribution in [2.24, 2.45) is 10.2 Å². The van der Waals surface area contributed by atoms with Crippen LogP contribution >= 0.6 is 63.7 Å². The number of nitrogens with one attached hydrogen (secondary N) is 2. The van der Waals surface area contributed by atoms with E-state index >= 15 is 0 Å². The number of nitrogens with zero attached hydrogens (tertiary/aromatic N) is 4. The Morgan fingerprint density at radius 1 is 0.478 bits per heavy atom. The Kier molecular flexibility index (Phi) is 17.0. The van der Waals surface area contributed by atoms with Gasteiger partial charge in [0.05, 0.1) is 43.4 Å². The van der Waals surface area contributed by atoms with Gasteiger partial charge in [-0.1, -0.05) is 60.7 Å². The number of carbonyl (C=O) groups excluding carboxylic acids is 2. The smallest absolute Gasteiger partial charge is 0.259 e. The Balaban J connectivity index is 0.861.